The first-order chi connectivity index (χ1) is 12.5. The molecule has 1 heterocycles. The van der Waals surface area contributed by atoms with E-state index in [4.69, 9.17) is 4.74 Å². The molecule has 1 aliphatic heterocycles. The van der Waals surface area contributed by atoms with Crippen molar-refractivity contribution in [2.24, 2.45) is 5.92 Å². The predicted molar refractivity (Wildman–Crippen MR) is 97.5 cm³/mol. The van der Waals surface area contributed by atoms with Gasteiger partial charge in [0, 0.05) is 11.6 Å². The van der Waals surface area contributed by atoms with Crippen LogP contribution in [0.3, 0.4) is 0 Å². The molecule has 0 spiro atoms. The van der Waals surface area contributed by atoms with Crippen LogP contribution in [0.15, 0.2) is 42.5 Å². The van der Waals surface area contributed by atoms with Crippen LogP contribution in [0.1, 0.15) is 47.4 Å². The lowest BCUT2D eigenvalue weighted by molar-refractivity contribution is -0.119. The summed E-state index contributed by atoms with van der Waals surface area (Å²) in [4.78, 5) is 35.3. The summed E-state index contributed by atoms with van der Waals surface area (Å²) in [5.41, 5.74) is 1.35. The van der Waals surface area contributed by atoms with Crippen LogP contribution in [-0.2, 0) is 4.79 Å². The molecule has 0 saturated heterocycles. The minimum atomic E-state index is -0.422. The summed E-state index contributed by atoms with van der Waals surface area (Å²) in [6.07, 6.45) is 1.81. The molecule has 26 heavy (non-hydrogen) atoms. The van der Waals surface area contributed by atoms with Crippen LogP contribution in [0, 0.1) is 5.92 Å². The van der Waals surface area contributed by atoms with E-state index in [1.807, 2.05) is 6.92 Å². The van der Waals surface area contributed by atoms with Crippen LogP contribution in [0.4, 0.5) is 5.69 Å². The highest BCUT2D eigenvalue weighted by atomic mass is 16.5. The molecular formula is C20H20N2O4. The number of carbonyl (C=O) groups is 3. The topological polar surface area (TPSA) is 84.5 Å². The van der Waals surface area contributed by atoms with Crippen molar-refractivity contribution in [1.29, 1.82) is 0 Å². The van der Waals surface area contributed by atoms with E-state index in [9.17, 15) is 14.4 Å². The summed E-state index contributed by atoms with van der Waals surface area (Å²) in [6, 6.07) is 11.7. The molecule has 6 heteroatoms. The van der Waals surface area contributed by atoms with E-state index in [2.05, 4.69) is 17.6 Å². The third-order valence-electron chi connectivity index (χ3n) is 4.23. The summed E-state index contributed by atoms with van der Waals surface area (Å²) in [7, 11) is 0. The van der Waals surface area contributed by atoms with Crippen molar-refractivity contribution in [1.82, 2.24) is 5.32 Å². The van der Waals surface area contributed by atoms with Gasteiger partial charge in [0.1, 0.15) is 11.5 Å². The lowest BCUT2D eigenvalue weighted by Crippen LogP contribution is -2.20. The van der Waals surface area contributed by atoms with Crippen LogP contribution in [0.2, 0.25) is 0 Å². The van der Waals surface area contributed by atoms with Gasteiger partial charge >= 0.3 is 0 Å². The molecule has 1 atom stereocenters. The van der Waals surface area contributed by atoms with Gasteiger partial charge in [0.05, 0.1) is 11.1 Å². The molecule has 1 aliphatic rings. The van der Waals surface area contributed by atoms with E-state index in [1.54, 1.807) is 36.4 Å². The number of imide groups is 1. The van der Waals surface area contributed by atoms with Crippen molar-refractivity contribution in [3.05, 3.63) is 53.6 Å². The average Bonchev–Trinajstić information content (AvgIpc) is 2.90. The lowest BCUT2D eigenvalue weighted by Gasteiger charge is -2.12. The SMILES string of the molecule is CCCC(C)C(=O)Nc1ccc(Oc2ccc3c(c2)C(=O)NC3=O)cc1. The molecule has 3 rings (SSSR count). The Hall–Kier alpha value is -3.15. The van der Waals surface area contributed by atoms with Gasteiger partial charge in [0.2, 0.25) is 5.91 Å². The first kappa shape index (κ1) is 17.7. The summed E-state index contributed by atoms with van der Waals surface area (Å²) >= 11 is 0. The maximum Gasteiger partial charge on any atom is 0.259 e. The fourth-order valence-electron chi connectivity index (χ4n) is 2.78. The molecule has 2 aromatic rings. The second-order valence-corrected chi connectivity index (χ2v) is 6.30. The highest BCUT2D eigenvalue weighted by Crippen LogP contribution is 2.27. The number of rotatable bonds is 6. The van der Waals surface area contributed by atoms with Crippen molar-refractivity contribution in [2.75, 3.05) is 5.32 Å². The number of amides is 3. The van der Waals surface area contributed by atoms with Gasteiger partial charge in [-0.25, -0.2) is 0 Å². The number of nitrogens with one attached hydrogen (secondary N) is 2. The van der Waals surface area contributed by atoms with E-state index in [0.717, 1.165) is 12.8 Å². The van der Waals surface area contributed by atoms with Crippen LogP contribution in [0.25, 0.3) is 0 Å². The van der Waals surface area contributed by atoms with E-state index in [0.29, 0.717) is 28.3 Å². The largest absolute Gasteiger partial charge is 0.457 e. The van der Waals surface area contributed by atoms with Crippen molar-refractivity contribution in [3.8, 4) is 11.5 Å². The Morgan fingerprint density at radius 3 is 2.38 bits per heavy atom. The van der Waals surface area contributed by atoms with Crippen LogP contribution in [0.5, 0.6) is 11.5 Å². The Balaban J connectivity index is 1.67. The normalized spacial score (nSPS) is 13.8. The lowest BCUT2D eigenvalue weighted by atomic mass is 10.1. The van der Waals surface area contributed by atoms with Crippen LogP contribution in [-0.4, -0.2) is 17.7 Å². The van der Waals surface area contributed by atoms with Gasteiger partial charge < -0.3 is 10.1 Å². The van der Waals surface area contributed by atoms with Crippen molar-refractivity contribution in [3.63, 3.8) is 0 Å². The summed E-state index contributed by atoms with van der Waals surface area (Å²) in [6.45, 7) is 3.96. The first-order valence-electron chi connectivity index (χ1n) is 8.56. The molecular weight excluding hydrogens is 332 g/mol. The zero-order valence-electron chi connectivity index (χ0n) is 14.7. The van der Waals surface area contributed by atoms with Crippen molar-refractivity contribution >= 4 is 23.4 Å². The minimum absolute atomic E-state index is 0.00480. The fourth-order valence-corrected chi connectivity index (χ4v) is 2.78. The third kappa shape index (κ3) is 3.74. The molecule has 2 aromatic carbocycles. The van der Waals surface area contributed by atoms with Crippen LogP contribution >= 0.6 is 0 Å². The number of hydrogen-bond acceptors (Lipinski definition) is 4. The number of benzene rings is 2. The number of fused-ring (bicyclic) bond motifs is 1. The summed E-state index contributed by atoms with van der Waals surface area (Å²) < 4.78 is 5.73. The Labute approximate surface area is 151 Å². The van der Waals surface area contributed by atoms with Crippen LogP contribution < -0.4 is 15.4 Å². The molecule has 3 amide bonds. The molecule has 2 N–H and O–H groups in total. The highest BCUT2D eigenvalue weighted by molar-refractivity contribution is 6.21. The van der Waals surface area contributed by atoms with Crippen molar-refractivity contribution < 1.29 is 19.1 Å². The Bertz CT molecular complexity index is 859. The number of anilines is 1. The fraction of sp³-hybridized carbons (Fsp3) is 0.250. The summed E-state index contributed by atoms with van der Waals surface area (Å²) in [5, 5.41) is 5.12. The third-order valence-corrected chi connectivity index (χ3v) is 4.23. The molecule has 134 valence electrons. The molecule has 0 aliphatic carbocycles. The van der Waals surface area contributed by atoms with E-state index in [-0.39, 0.29) is 11.8 Å². The minimum Gasteiger partial charge on any atom is -0.457 e. The summed E-state index contributed by atoms with van der Waals surface area (Å²) in [5.74, 6) is 0.172. The van der Waals surface area contributed by atoms with Crippen molar-refractivity contribution in [2.45, 2.75) is 26.7 Å². The maximum atomic E-state index is 12.0. The van der Waals surface area contributed by atoms with Gasteiger partial charge in [-0.2, -0.15) is 0 Å². The van der Waals surface area contributed by atoms with E-state index < -0.39 is 11.8 Å². The Kier molecular flexibility index (Phi) is 5.02. The van der Waals surface area contributed by atoms with Gasteiger partial charge in [-0.1, -0.05) is 20.3 Å². The van der Waals surface area contributed by atoms with E-state index >= 15 is 0 Å². The number of hydrogen-bond donors (Lipinski definition) is 2. The predicted octanol–water partition coefficient (Wildman–Crippen LogP) is 3.74. The molecule has 0 aromatic heterocycles. The number of ether oxygens (including phenoxy) is 1. The second kappa shape index (κ2) is 7.39. The number of carbonyl (C=O) groups excluding carboxylic acids is 3. The molecule has 0 saturated carbocycles. The molecule has 0 fully saturated rings. The van der Waals surface area contributed by atoms with Gasteiger partial charge in [-0.15, -0.1) is 0 Å². The average molecular weight is 352 g/mol. The Morgan fingerprint density at radius 2 is 1.69 bits per heavy atom. The first-order valence-corrected chi connectivity index (χ1v) is 8.56. The highest BCUT2D eigenvalue weighted by Gasteiger charge is 2.26. The quantitative estimate of drug-likeness (QED) is 0.776. The molecule has 0 radical (unpaired) electrons. The smallest absolute Gasteiger partial charge is 0.259 e. The Morgan fingerprint density at radius 1 is 1.04 bits per heavy atom. The molecule has 1 unspecified atom stereocenters. The molecule has 0 bridgehead atoms. The zero-order chi connectivity index (χ0) is 18.7. The molecule has 6 nitrogen and oxygen atoms in total. The van der Waals surface area contributed by atoms with Gasteiger partial charge in [-0.3, -0.25) is 19.7 Å². The van der Waals surface area contributed by atoms with Gasteiger partial charge in [0.25, 0.3) is 11.8 Å². The zero-order valence-corrected chi connectivity index (χ0v) is 14.7. The van der Waals surface area contributed by atoms with Gasteiger partial charge in [-0.05, 0) is 48.9 Å². The second-order valence-electron chi connectivity index (χ2n) is 6.30. The van der Waals surface area contributed by atoms with E-state index in [1.165, 1.54) is 6.07 Å². The standard InChI is InChI=1S/C20H20N2O4/c1-3-4-12(2)18(23)21-13-5-7-14(8-6-13)26-15-9-10-16-17(11-15)20(25)22-19(16)24/h5-12H,3-4H2,1-2H3,(H,21,23)(H,22,24,25). The monoisotopic (exact) mass is 352 g/mol. The van der Waals surface area contributed by atoms with Gasteiger partial charge in [0.15, 0.2) is 0 Å². The maximum absolute atomic E-state index is 12.0.